The van der Waals surface area contributed by atoms with Gasteiger partial charge in [0.25, 0.3) is 20.4 Å². The number of carbonyl (C=O) groups excluding carboxylic acids is 4. The minimum Gasteiger partial charge on any atom is -0.281 e. The van der Waals surface area contributed by atoms with Crippen LogP contribution >= 0.6 is 0 Å². The number of allylic oxidation sites excluding steroid dienone is 4. The molecule has 0 amide bonds. The average Bonchev–Trinajstić information content (AvgIpc) is 2.78. The van der Waals surface area contributed by atoms with Crippen LogP contribution in [0.1, 0.15) is 13.3 Å². The summed E-state index contributed by atoms with van der Waals surface area (Å²) in [6.07, 6.45) is 7.10. The van der Waals surface area contributed by atoms with E-state index in [9.17, 15) is 4.79 Å². The molecule has 0 fully saturated rings. The molecule has 1 aliphatic rings. The maximum atomic E-state index is 10.5. The van der Waals surface area contributed by atoms with E-state index >= 15 is 0 Å². The van der Waals surface area contributed by atoms with E-state index in [0.29, 0.717) is 15.0 Å². The van der Waals surface area contributed by atoms with Crippen molar-refractivity contribution in [3.63, 3.8) is 0 Å². The van der Waals surface area contributed by atoms with E-state index in [1.807, 2.05) is 12.2 Å². The van der Waals surface area contributed by atoms with E-state index in [2.05, 4.69) is 26.4 Å². The first-order chi connectivity index (χ1) is 7.29. The summed E-state index contributed by atoms with van der Waals surface area (Å²) >= 11 is 0.373. The Morgan fingerprint density at radius 3 is 1.93 bits per heavy atom. The van der Waals surface area contributed by atoms with Crippen molar-refractivity contribution in [1.82, 2.24) is 0 Å². The summed E-state index contributed by atoms with van der Waals surface area (Å²) in [5, 5.41) is 0. The van der Waals surface area contributed by atoms with Crippen molar-refractivity contribution in [2.45, 2.75) is 13.3 Å². The standard InChI is InChI=1S/C5H5.C2H3O.3CO.Mn/c1-2-4-5-3-1;1-2-3;3*1-2;/h1-3H,4H2;1H3;;;;. The molecule has 4 nitrogen and oxygen atoms in total. The summed E-state index contributed by atoms with van der Waals surface area (Å²) in [4.78, 5) is 33.0. The Hall–Kier alpha value is -1.32. The molecule has 0 aromatic carbocycles. The maximum absolute atomic E-state index is 10.5. The normalized spacial score (nSPS) is 10.3. The van der Waals surface area contributed by atoms with Crippen LogP contribution in [0.4, 0.5) is 0 Å². The van der Waals surface area contributed by atoms with Crippen LogP contribution in [0.2, 0.25) is 0 Å². The van der Waals surface area contributed by atoms with E-state index in [0.717, 1.165) is 6.42 Å². The topological polar surface area (TPSA) is 68.3 Å². The third kappa shape index (κ3) is 15.4. The van der Waals surface area contributed by atoms with Gasteiger partial charge in [0.15, 0.2) is 0 Å². The molecular formula is C10H8MnO4. The molecule has 0 N–H and O–H groups in total. The van der Waals surface area contributed by atoms with E-state index in [1.54, 1.807) is 6.92 Å². The quantitative estimate of drug-likeness (QED) is 0.657. The zero-order chi connectivity index (χ0) is 12.7. The summed E-state index contributed by atoms with van der Waals surface area (Å²) < 4.78 is 1.56. The second kappa shape index (κ2) is 18.5. The van der Waals surface area contributed by atoms with Crippen molar-refractivity contribution >= 4 is 25.0 Å². The molecule has 0 aromatic heterocycles. The summed E-state index contributed by atoms with van der Waals surface area (Å²) in [6, 6.07) is 0. The Bertz CT molecular complexity index is 219. The van der Waals surface area contributed by atoms with Gasteiger partial charge in [0.1, 0.15) is 0 Å². The van der Waals surface area contributed by atoms with Crippen LogP contribution in [0.5, 0.6) is 0 Å². The largest absolute Gasteiger partial charge is 0.281 e. The van der Waals surface area contributed by atoms with Crippen molar-refractivity contribution in [1.29, 1.82) is 0 Å². The molecule has 0 aliphatic heterocycles. The van der Waals surface area contributed by atoms with Crippen LogP contribution in [0.25, 0.3) is 0 Å². The monoisotopic (exact) mass is 247 g/mol. The van der Waals surface area contributed by atoms with Gasteiger partial charge < -0.3 is 0 Å². The second-order valence-corrected chi connectivity index (χ2v) is 3.69. The van der Waals surface area contributed by atoms with Gasteiger partial charge in [-0.15, -0.1) is 0 Å². The SMILES string of the molecule is C[C](=O)[Mn][C]1=CC=CC1.[C]=O.[C]=O.[C]=O. The van der Waals surface area contributed by atoms with Crippen molar-refractivity contribution in [2.75, 3.05) is 0 Å². The number of rotatable bonds is 2. The fourth-order valence-corrected chi connectivity index (χ4v) is 1.67. The molecule has 0 atom stereocenters. The predicted molar refractivity (Wildman–Crippen MR) is 49.6 cm³/mol. The predicted octanol–water partition coefficient (Wildman–Crippen LogP) is 0.268. The van der Waals surface area contributed by atoms with Crippen molar-refractivity contribution in [2.24, 2.45) is 0 Å². The van der Waals surface area contributed by atoms with Gasteiger partial charge in [0.2, 0.25) is 0 Å². The van der Waals surface area contributed by atoms with Gasteiger partial charge >= 0.3 is 60.5 Å². The smallest absolute Gasteiger partial charge is 0.281 e. The van der Waals surface area contributed by atoms with Crippen LogP contribution in [0, 0.1) is 0 Å². The molecule has 0 spiro atoms. The molecule has 0 saturated heterocycles. The molecule has 0 bridgehead atoms. The van der Waals surface area contributed by atoms with E-state index in [1.165, 1.54) is 4.47 Å². The van der Waals surface area contributed by atoms with E-state index in [-0.39, 0.29) is 4.68 Å². The Morgan fingerprint density at radius 2 is 1.67 bits per heavy atom. The summed E-state index contributed by atoms with van der Waals surface area (Å²) in [6.45, 7) is 15.1. The summed E-state index contributed by atoms with van der Waals surface area (Å²) in [7, 11) is 0. The summed E-state index contributed by atoms with van der Waals surface area (Å²) in [5.74, 6) is 0. The van der Waals surface area contributed by atoms with Gasteiger partial charge in [-0.25, -0.2) is 0 Å². The zero-order valence-corrected chi connectivity index (χ0v) is 9.13. The molecule has 15 heavy (non-hydrogen) atoms. The maximum Gasteiger partial charge on any atom is 0.281 e. The van der Waals surface area contributed by atoms with Crippen LogP contribution < -0.4 is 0 Å². The Labute approximate surface area is 95.6 Å². The fourth-order valence-electron chi connectivity index (χ4n) is 0.662. The van der Waals surface area contributed by atoms with Crippen molar-refractivity contribution < 1.29 is 34.1 Å². The van der Waals surface area contributed by atoms with Gasteiger partial charge in [-0.1, -0.05) is 0 Å². The van der Waals surface area contributed by atoms with E-state index in [4.69, 9.17) is 14.4 Å². The van der Waals surface area contributed by atoms with E-state index < -0.39 is 0 Å². The first-order valence-electron chi connectivity index (χ1n) is 3.41. The molecule has 1 rings (SSSR count). The Balaban J connectivity index is -0.000000208. The Morgan fingerprint density at radius 1 is 1.20 bits per heavy atom. The minimum atomic E-state index is 0.286. The number of hydrogen-bond acceptors (Lipinski definition) is 4. The van der Waals surface area contributed by atoms with Crippen LogP contribution in [0.15, 0.2) is 22.7 Å². The molecule has 1 aliphatic carbocycles. The van der Waals surface area contributed by atoms with Gasteiger partial charge in [0, 0.05) is 0 Å². The first-order valence-corrected chi connectivity index (χ1v) is 4.59. The van der Waals surface area contributed by atoms with Gasteiger partial charge in [-0.2, -0.15) is 0 Å². The van der Waals surface area contributed by atoms with Crippen LogP contribution in [0.3, 0.4) is 0 Å². The van der Waals surface area contributed by atoms with Crippen molar-refractivity contribution in [3.05, 3.63) is 22.7 Å². The molecule has 0 aromatic rings. The van der Waals surface area contributed by atoms with Gasteiger partial charge in [-0.05, 0) is 0 Å². The third-order valence-electron chi connectivity index (χ3n) is 0.980. The molecular weight excluding hydrogens is 239 g/mol. The number of carbonyl (C=O) groups is 1. The molecule has 0 heterocycles. The Kier molecular flexibility index (Phi) is 23.7. The third-order valence-corrected chi connectivity index (χ3v) is 2.21. The van der Waals surface area contributed by atoms with Crippen LogP contribution in [-0.2, 0) is 34.1 Å². The average molecular weight is 247 g/mol. The number of hydrogen-bond donors (Lipinski definition) is 0. The second-order valence-electron chi connectivity index (χ2n) is 1.81. The minimum absolute atomic E-state index is 0.286. The molecule has 79 valence electrons. The van der Waals surface area contributed by atoms with Gasteiger partial charge in [0.05, 0.1) is 0 Å². The molecule has 0 saturated carbocycles. The van der Waals surface area contributed by atoms with Gasteiger partial charge in [-0.3, -0.25) is 14.4 Å². The zero-order valence-electron chi connectivity index (χ0n) is 7.95. The molecule has 5 heteroatoms. The summed E-state index contributed by atoms with van der Waals surface area (Å²) in [5.41, 5.74) is 0. The first kappa shape index (κ1) is 19.3. The van der Waals surface area contributed by atoms with Crippen LogP contribution in [-0.4, -0.2) is 25.0 Å². The molecule has 0 unspecified atom stereocenters. The fraction of sp³-hybridized carbons (Fsp3) is 0.200. The van der Waals surface area contributed by atoms with Crippen molar-refractivity contribution in [3.8, 4) is 0 Å². The molecule has 6 radical (unpaired) electrons.